The van der Waals surface area contributed by atoms with Crippen LogP contribution >= 0.6 is 23.2 Å². The van der Waals surface area contributed by atoms with E-state index in [-0.39, 0.29) is 17.7 Å². The molecule has 2 aromatic heterocycles. The highest BCUT2D eigenvalue weighted by molar-refractivity contribution is 6.29. The van der Waals surface area contributed by atoms with E-state index in [9.17, 15) is 9.59 Å². The molecule has 2 heterocycles. The van der Waals surface area contributed by atoms with E-state index >= 15 is 0 Å². The number of nitrogens with two attached hydrogens (primary N) is 1. The lowest BCUT2D eigenvalue weighted by Gasteiger charge is -2.04. The van der Waals surface area contributed by atoms with Crippen molar-refractivity contribution in [2.24, 2.45) is 0 Å². The van der Waals surface area contributed by atoms with Crippen molar-refractivity contribution in [3.05, 3.63) is 73.3 Å². The quantitative estimate of drug-likeness (QED) is 0.306. The van der Waals surface area contributed by atoms with Gasteiger partial charge in [-0.15, -0.1) is 23.2 Å². The second kappa shape index (κ2) is 12.3. The fourth-order valence-electron chi connectivity index (χ4n) is 2.46. The first-order valence-corrected chi connectivity index (χ1v) is 10.1. The van der Waals surface area contributed by atoms with Crippen LogP contribution in [0.5, 0.6) is 0 Å². The molecule has 0 radical (unpaired) electrons. The Labute approximate surface area is 188 Å². The van der Waals surface area contributed by atoms with Crippen molar-refractivity contribution in [1.29, 1.82) is 0 Å². The third-order valence-corrected chi connectivity index (χ3v) is 4.30. The number of aromatic nitrogens is 2. The normalized spacial score (nSPS) is 9.74. The number of hydrogen-bond acceptors (Lipinski definition) is 5. The molecule has 0 aliphatic carbocycles. The SMILES string of the molecule is Nc1ccc2cnccc2c1.O=C(CCl)Nc1ccc2cnccc2c1.O=C(O)CCl. The van der Waals surface area contributed by atoms with Gasteiger partial charge in [-0.05, 0) is 47.2 Å². The molecule has 160 valence electrons. The minimum absolute atomic E-state index is 0.0334. The number of nitrogens with one attached hydrogen (secondary N) is 1. The molecule has 0 spiro atoms. The molecule has 31 heavy (non-hydrogen) atoms. The van der Waals surface area contributed by atoms with Gasteiger partial charge in [0.15, 0.2) is 0 Å². The molecule has 0 fully saturated rings. The second-order valence-electron chi connectivity index (χ2n) is 6.13. The Kier molecular flexibility index (Phi) is 9.48. The van der Waals surface area contributed by atoms with E-state index in [1.807, 2.05) is 54.7 Å². The third-order valence-electron chi connectivity index (χ3n) is 3.82. The Morgan fingerprint density at radius 3 is 1.94 bits per heavy atom. The Morgan fingerprint density at radius 1 is 0.839 bits per heavy atom. The van der Waals surface area contributed by atoms with Gasteiger partial charge < -0.3 is 16.2 Å². The molecule has 4 rings (SSSR count). The summed E-state index contributed by atoms with van der Waals surface area (Å²) in [5.74, 6) is -1.52. The van der Waals surface area contributed by atoms with Crippen LogP contribution in [0.25, 0.3) is 21.5 Å². The van der Waals surface area contributed by atoms with E-state index in [4.69, 9.17) is 34.0 Å². The summed E-state index contributed by atoms with van der Waals surface area (Å²) in [5, 5.41) is 14.6. The van der Waals surface area contributed by atoms with Gasteiger partial charge in [0.2, 0.25) is 5.91 Å². The van der Waals surface area contributed by atoms with E-state index in [2.05, 4.69) is 15.3 Å². The molecule has 2 aromatic carbocycles. The number of hydrogen-bond donors (Lipinski definition) is 3. The number of carbonyl (C=O) groups excluding carboxylic acids is 1. The summed E-state index contributed by atoms with van der Waals surface area (Å²) in [7, 11) is 0. The molecule has 9 heteroatoms. The second-order valence-corrected chi connectivity index (χ2v) is 6.66. The maximum atomic E-state index is 11.1. The smallest absolute Gasteiger partial charge is 0.318 e. The number of carbonyl (C=O) groups is 2. The Bertz CT molecular complexity index is 1170. The number of carboxylic acids is 1. The van der Waals surface area contributed by atoms with Crippen LogP contribution in [0.4, 0.5) is 11.4 Å². The summed E-state index contributed by atoms with van der Waals surface area (Å²) in [6.45, 7) is 0. The molecule has 0 aliphatic rings. The van der Waals surface area contributed by atoms with Crippen molar-refractivity contribution in [3.8, 4) is 0 Å². The van der Waals surface area contributed by atoms with Crippen LogP contribution in [-0.2, 0) is 9.59 Å². The van der Waals surface area contributed by atoms with Crippen molar-refractivity contribution in [2.45, 2.75) is 0 Å². The van der Waals surface area contributed by atoms with Gasteiger partial charge in [-0.2, -0.15) is 0 Å². The van der Waals surface area contributed by atoms with Crippen molar-refractivity contribution in [3.63, 3.8) is 0 Å². The average molecular weight is 459 g/mol. The maximum absolute atomic E-state index is 11.1. The number of aliphatic carboxylic acids is 1. The van der Waals surface area contributed by atoms with Gasteiger partial charge in [0.1, 0.15) is 11.8 Å². The van der Waals surface area contributed by atoms with Crippen LogP contribution in [0.2, 0.25) is 0 Å². The van der Waals surface area contributed by atoms with Crippen LogP contribution in [0.1, 0.15) is 0 Å². The number of benzene rings is 2. The predicted octanol–water partition coefficient (Wildman–Crippen LogP) is 4.54. The van der Waals surface area contributed by atoms with Crippen molar-refractivity contribution in [2.75, 3.05) is 22.8 Å². The van der Waals surface area contributed by atoms with Gasteiger partial charge in [-0.25, -0.2) is 0 Å². The Balaban J connectivity index is 0.000000187. The standard InChI is InChI=1S/C11H9ClN2O.C9H8N2.C2H3ClO2/c12-6-11(15)14-10-2-1-9-7-13-4-3-8(9)5-10;10-9-2-1-8-6-11-4-3-7(8)5-9;3-1-2(4)5/h1-5,7H,6H2,(H,14,15);1-6H,10H2;1H2,(H,4,5). The number of halogens is 2. The molecular formula is C22H20Cl2N4O3. The molecule has 0 saturated heterocycles. The molecule has 0 unspecified atom stereocenters. The first-order valence-electron chi connectivity index (χ1n) is 8.99. The first kappa shape index (κ1) is 23.9. The lowest BCUT2D eigenvalue weighted by molar-refractivity contribution is -0.134. The van der Waals surface area contributed by atoms with Crippen LogP contribution in [0.3, 0.4) is 0 Å². The largest absolute Gasteiger partial charge is 0.480 e. The lowest BCUT2D eigenvalue weighted by atomic mass is 10.1. The summed E-state index contributed by atoms with van der Waals surface area (Å²) >= 11 is 10.1. The molecule has 0 aliphatic heterocycles. The topological polar surface area (TPSA) is 118 Å². The Hall–Kier alpha value is -3.42. The van der Waals surface area contributed by atoms with E-state index < -0.39 is 5.97 Å². The molecule has 0 saturated carbocycles. The molecule has 4 aromatic rings. The highest BCUT2D eigenvalue weighted by Gasteiger charge is 2.00. The first-order chi connectivity index (χ1) is 14.9. The van der Waals surface area contributed by atoms with E-state index in [1.165, 1.54) is 0 Å². The number of rotatable bonds is 3. The fraction of sp³-hybridized carbons (Fsp3) is 0.0909. The van der Waals surface area contributed by atoms with Gasteiger partial charge in [-0.3, -0.25) is 19.6 Å². The van der Waals surface area contributed by atoms with Crippen LogP contribution in [0.15, 0.2) is 73.3 Å². The number of anilines is 2. The van der Waals surface area contributed by atoms with Crippen LogP contribution < -0.4 is 11.1 Å². The minimum Gasteiger partial charge on any atom is -0.480 e. The highest BCUT2D eigenvalue weighted by atomic mass is 35.5. The summed E-state index contributed by atoms with van der Waals surface area (Å²) in [6, 6.07) is 15.3. The van der Waals surface area contributed by atoms with Crippen LogP contribution in [0, 0.1) is 0 Å². The zero-order valence-electron chi connectivity index (χ0n) is 16.3. The number of nitrogen functional groups attached to an aromatic ring is 1. The van der Waals surface area contributed by atoms with Gasteiger partial charge in [0, 0.05) is 46.9 Å². The van der Waals surface area contributed by atoms with Gasteiger partial charge in [0.25, 0.3) is 0 Å². The summed E-state index contributed by atoms with van der Waals surface area (Å²) in [6.07, 6.45) is 7.09. The minimum atomic E-state index is -0.980. The van der Waals surface area contributed by atoms with Gasteiger partial charge in [0.05, 0.1) is 0 Å². The molecule has 4 N–H and O–H groups in total. The monoisotopic (exact) mass is 458 g/mol. The third kappa shape index (κ3) is 8.08. The van der Waals surface area contributed by atoms with Crippen molar-refractivity contribution >= 4 is 68.0 Å². The fourth-order valence-corrected chi connectivity index (χ4v) is 2.52. The van der Waals surface area contributed by atoms with Crippen molar-refractivity contribution in [1.82, 2.24) is 9.97 Å². The van der Waals surface area contributed by atoms with E-state index in [1.54, 1.807) is 18.6 Å². The molecular weight excluding hydrogens is 439 g/mol. The number of carboxylic acid groups (broad SMARTS) is 1. The maximum Gasteiger partial charge on any atom is 0.318 e. The zero-order chi connectivity index (χ0) is 22.6. The van der Waals surface area contributed by atoms with Gasteiger partial charge >= 0.3 is 5.97 Å². The summed E-state index contributed by atoms with van der Waals surface area (Å²) in [4.78, 5) is 28.3. The van der Waals surface area contributed by atoms with Gasteiger partial charge in [-0.1, -0.05) is 12.1 Å². The number of amides is 1. The number of pyridine rings is 2. The van der Waals surface area contributed by atoms with Crippen LogP contribution in [-0.4, -0.2) is 38.7 Å². The Morgan fingerprint density at radius 2 is 1.39 bits per heavy atom. The lowest BCUT2D eigenvalue weighted by Crippen LogP contribution is -2.12. The number of alkyl halides is 2. The predicted molar refractivity (Wildman–Crippen MR) is 126 cm³/mol. The van der Waals surface area contributed by atoms with E-state index in [0.717, 1.165) is 32.9 Å². The summed E-state index contributed by atoms with van der Waals surface area (Å²) < 4.78 is 0. The highest BCUT2D eigenvalue weighted by Crippen LogP contribution is 2.18. The number of nitrogens with zero attached hydrogens (tertiary/aromatic N) is 2. The molecule has 0 atom stereocenters. The average Bonchev–Trinajstić information content (AvgIpc) is 2.79. The molecule has 7 nitrogen and oxygen atoms in total. The zero-order valence-corrected chi connectivity index (χ0v) is 17.8. The number of fused-ring (bicyclic) bond motifs is 2. The van der Waals surface area contributed by atoms with Crippen molar-refractivity contribution < 1.29 is 14.7 Å². The summed E-state index contributed by atoms with van der Waals surface area (Å²) in [5.41, 5.74) is 7.15. The molecule has 1 amide bonds. The molecule has 0 bridgehead atoms. The van der Waals surface area contributed by atoms with E-state index in [0.29, 0.717) is 0 Å².